The molecule has 2 heterocycles. The van der Waals surface area contributed by atoms with E-state index in [1.54, 1.807) is 36.4 Å². The fourth-order valence-electron chi connectivity index (χ4n) is 4.12. The molecule has 0 amide bonds. The largest absolute Gasteiger partial charge is 0.457 e. The maximum absolute atomic E-state index is 12.7. The average molecular weight is 473 g/mol. The Kier molecular flexibility index (Phi) is 8.26. The summed E-state index contributed by atoms with van der Waals surface area (Å²) in [6.07, 6.45) is 5.13. The second-order valence-electron chi connectivity index (χ2n) is 8.38. The molecule has 0 saturated carbocycles. The quantitative estimate of drug-likeness (QED) is 0.298. The van der Waals surface area contributed by atoms with E-state index >= 15 is 0 Å². The Labute approximate surface area is 196 Å². The average Bonchev–Trinajstić information content (AvgIpc) is 3.10. The zero-order valence-corrected chi connectivity index (χ0v) is 20.2. The summed E-state index contributed by atoms with van der Waals surface area (Å²) in [5.74, 6) is -0.702. The minimum Gasteiger partial charge on any atom is -0.457 e. The smallest absolute Gasteiger partial charge is 0.306 e. The molecule has 178 valence electrons. The molecule has 0 N–H and O–H groups in total. The first-order chi connectivity index (χ1) is 15.7. The number of hydrogen-bond donors (Lipinski definition) is 0. The minimum atomic E-state index is -3.47. The summed E-state index contributed by atoms with van der Waals surface area (Å²) < 4.78 is 34.2. The highest BCUT2D eigenvalue weighted by molar-refractivity contribution is 7.89. The number of allylic oxidation sites excluding steroid dienone is 1. The second kappa shape index (κ2) is 10.9. The van der Waals surface area contributed by atoms with E-state index in [2.05, 4.69) is 6.58 Å². The lowest BCUT2D eigenvalue weighted by Crippen LogP contribution is -2.35. The molecule has 7 nitrogen and oxygen atoms in total. The third kappa shape index (κ3) is 6.00. The van der Waals surface area contributed by atoms with Crippen molar-refractivity contribution in [2.45, 2.75) is 57.4 Å². The predicted molar refractivity (Wildman–Crippen MR) is 127 cm³/mol. The molecule has 1 fully saturated rings. The Morgan fingerprint density at radius 3 is 2.39 bits per heavy atom. The van der Waals surface area contributed by atoms with E-state index in [1.807, 2.05) is 18.4 Å². The summed E-state index contributed by atoms with van der Waals surface area (Å²) in [4.78, 5) is 24.9. The molecule has 0 aliphatic carbocycles. The molecule has 33 heavy (non-hydrogen) atoms. The van der Waals surface area contributed by atoms with Crippen molar-refractivity contribution in [3.63, 3.8) is 0 Å². The van der Waals surface area contributed by atoms with Gasteiger partial charge in [-0.2, -0.15) is 4.31 Å². The van der Waals surface area contributed by atoms with E-state index in [0.717, 1.165) is 36.2 Å². The Hall–Kier alpha value is -2.71. The minimum absolute atomic E-state index is 0.112. The van der Waals surface area contributed by atoms with Crippen LogP contribution >= 0.6 is 0 Å². The SMILES string of the molecule is C=CCn1c(C)cc(C(=O)COC(=O)CCc2ccc(S(=O)(=O)N3CCCCC3)cc2)c1C. The van der Waals surface area contributed by atoms with E-state index < -0.39 is 16.0 Å². The van der Waals surface area contributed by atoms with Crippen LogP contribution in [0.2, 0.25) is 0 Å². The molecule has 1 aliphatic rings. The highest BCUT2D eigenvalue weighted by atomic mass is 32.2. The van der Waals surface area contributed by atoms with Gasteiger partial charge < -0.3 is 9.30 Å². The van der Waals surface area contributed by atoms with Crippen molar-refractivity contribution in [2.24, 2.45) is 0 Å². The highest BCUT2D eigenvalue weighted by Gasteiger charge is 2.25. The van der Waals surface area contributed by atoms with Crippen LogP contribution in [0.15, 0.2) is 47.9 Å². The Morgan fingerprint density at radius 1 is 1.09 bits per heavy atom. The van der Waals surface area contributed by atoms with Crippen LogP contribution in [0.25, 0.3) is 0 Å². The number of Topliss-reactive ketones (excluding diaryl/α,β-unsaturated/α-hetero) is 1. The van der Waals surface area contributed by atoms with E-state index in [1.165, 1.54) is 4.31 Å². The molecule has 1 aromatic heterocycles. The fraction of sp³-hybridized carbons (Fsp3) is 0.440. The first-order valence-electron chi connectivity index (χ1n) is 11.3. The van der Waals surface area contributed by atoms with Gasteiger partial charge in [-0.3, -0.25) is 9.59 Å². The van der Waals surface area contributed by atoms with Gasteiger partial charge in [-0.05, 0) is 56.9 Å². The van der Waals surface area contributed by atoms with Crippen molar-refractivity contribution in [3.8, 4) is 0 Å². The predicted octanol–water partition coefficient (Wildman–Crippen LogP) is 3.82. The number of esters is 1. The van der Waals surface area contributed by atoms with Crippen LogP contribution < -0.4 is 0 Å². The number of sulfonamides is 1. The van der Waals surface area contributed by atoms with Crippen molar-refractivity contribution in [3.05, 3.63) is 65.5 Å². The molecule has 0 bridgehead atoms. The van der Waals surface area contributed by atoms with Crippen LogP contribution in [-0.2, 0) is 32.5 Å². The topological polar surface area (TPSA) is 85.7 Å². The monoisotopic (exact) mass is 472 g/mol. The number of hydrogen-bond acceptors (Lipinski definition) is 5. The molecule has 1 aromatic carbocycles. The van der Waals surface area contributed by atoms with E-state index in [0.29, 0.717) is 31.6 Å². The van der Waals surface area contributed by atoms with Gasteiger partial charge in [-0.1, -0.05) is 24.6 Å². The number of aromatic nitrogens is 1. The Balaban J connectivity index is 1.50. The summed E-state index contributed by atoms with van der Waals surface area (Å²) in [5.41, 5.74) is 3.16. The molecular formula is C25H32N2O5S. The lowest BCUT2D eigenvalue weighted by molar-refractivity contribution is -0.142. The number of nitrogens with zero attached hydrogens (tertiary/aromatic N) is 2. The van der Waals surface area contributed by atoms with Gasteiger partial charge in [0.25, 0.3) is 0 Å². The fourth-order valence-corrected chi connectivity index (χ4v) is 5.64. The number of ketones is 1. The molecule has 1 aliphatic heterocycles. The van der Waals surface area contributed by atoms with Gasteiger partial charge in [0, 0.05) is 43.0 Å². The normalized spacial score (nSPS) is 14.7. The maximum Gasteiger partial charge on any atom is 0.306 e. The Morgan fingerprint density at radius 2 is 1.76 bits per heavy atom. The number of rotatable bonds is 10. The number of piperidine rings is 1. The number of ether oxygens (including phenoxy) is 1. The van der Waals surface area contributed by atoms with Crippen molar-refractivity contribution >= 4 is 21.8 Å². The molecule has 0 unspecified atom stereocenters. The summed E-state index contributed by atoms with van der Waals surface area (Å²) in [5, 5.41) is 0. The molecule has 3 rings (SSSR count). The third-order valence-corrected chi connectivity index (χ3v) is 7.96. The third-order valence-electron chi connectivity index (χ3n) is 6.04. The van der Waals surface area contributed by atoms with Crippen molar-refractivity contribution < 1.29 is 22.7 Å². The summed E-state index contributed by atoms with van der Waals surface area (Å²) in [6, 6.07) is 8.43. The van der Waals surface area contributed by atoms with Gasteiger partial charge in [0.05, 0.1) is 4.90 Å². The van der Waals surface area contributed by atoms with Crippen molar-refractivity contribution in [2.75, 3.05) is 19.7 Å². The van der Waals surface area contributed by atoms with Crippen molar-refractivity contribution in [1.29, 1.82) is 0 Å². The molecule has 8 heteroatoms. The van der Waals surface area contributed by atoms with Crippen LogP contribution in [-0.4, -0.2) is 48.7 Å². The first kappa shape index (κ1) is 24.9. The number of benzene rings is 1. The molecule has 1 saturated heterocycles. The van der Waals surface area contributed by atoms with Crippen LogP contribution in [0.5, 0.6) is 0 Å². The molecule has 2 aromatic rings. The number of aryl methyl sites for hydroxylation is 2. The number of carbonyl (C=O) groups is 2. The molecular weight excluding hydrogens is 440 g/mol. The zero-order valence-electron chi connectivity index (χ0n) is 19.4. The van der Waals surface area contributed by atoms with Crippen LogP contribution in [0.3, 0.4) is 0 Å². The molecule has 0 atom stereocenters. The van der Waals surface area contributed by atoms with Crippen molar-refractivity contribution in [1.82, 2.24) is 8.87 Å². The van der Waals surface area contributed by atoms with E-state index in [4.69, 9.17) is 4.74 Å². The lowest BCUT2D eigenvalue weighted by atomic mass is 10.1. The Bertz CT molecular complexity index is 1110. The lowest BCUT2D eigenvalue weighted by Gasteiger charge is -2.25. The first-order valence-corrected chi connectivity index (χ1v) is 12.7. The van der Waals surface area contributed by atoms with Gasteiger partial charge in [0.1, 0.15) is 0 Å². The highest BCUT2D eigenvalue weighted by Crippen LogP contribution is 2.21. The standard InChI is InChI=1S/C25H32N2O5S/c1-4-14-27-19(2)17-23(20(27)3)24(28)18-32-25(29)13-10-21-8-11-22(12-9-21)33(30,31)26-15-6-5-7-16-26/h4,8-9,11-12,17H,1,5-7,10,13-16,18H2,2-3H3. The van der Waals surface area contributed by atoms with Crippen LogP contribution in [0.1, 0.15) is 53.0 Å². The molecule has 0 radical (unpaired) electrons. The zero-order chi connectivity index (χ0) is 24.0. The maximum atomic E-state index is 12.7. The summed E-state index contributed by atoms with van der Waals surface area (Å²) in [7, 11) is -3.47. The van der Waals surface area contributed by atoms with Crippen LogP contribution in [0.4, 0.5) is 0 Å². The van der Waals surface area contributed by atoms with Gasteiger partial charge in [-0.15, -0.1) is 6.58 Å². The van der Waals surface area contributed by atoms with E-state index in [9.17, 15) is 18.0 Å². The van der Waals surface area contributed by atoms with E-state index in [-0.39, 0.29) is 23.7 Å². The van der Waals surface area contributed by atoms with Gasteiger partial charge >= 0.3 is 5.97 Å². The molecule has 0 spiro atoms. The second-order valence-corrected chi connectivity index (χ2v) is 10.3. The van der Waals surface area contributed by atoms with Gasteiger partial charge in [-0.25, -0.2) is 8.42 Å². The summed E-state index contributed by atoms with van der Waals surface area (Å²) >= 11 is 0. The van der Waals surface area contributed by atoms with Gasteiger partial charge in [0.2, 0.25) is 15.8 Å². The van der Waals surface area contributed by atoms with Crippen LogP contribution in [0, 0.1) is 13.8 Å². The number of carbonyl (C=O) groups excluding carboxylic acids is 2. The van der Waals surface area contributed by atoms with Gasteiger partial charge in [0.15, 0.2) is 6.61 Å². The summed E-state index contributed by atoms with van der Waals surface area (Å²) in [6.45, 7) is 8.95.